The van der Waals surface area contributed by atoms with E-state index in [4.69, 9.17) is 4.74 Å². The van der Waals surface area contributed by atoms with Crippen LogP contribution in [0.5, 0.6) is 5.75 Å². The van der Waals surface area contributed by atoms with Gasteiger partial charge >= 0.3 is 0 Å². The second kappa shape index (κ2) is 7.51. The van der Waals surface area contributed by atoms with Gasteiger partial charge in [0.15, 0.2) is 11.6 Å². The zero-order valence-corrected chi connectivity index (χ0v) is 13.7. The number of aromatic nitrogens is 2. The Hall–Kier alpha value is -2.00. The first-order valence-electron chi connectivity index (χ1n) is 6.60. The molecule has 0 fully saturated rings. The average Bonchev–Trinajstić information content (AvgIpc) is 2.53. The number of ether oxygens (including phenoxy) is 1. The molecule has 1 atom stereocenters. The molecule has 0 spiro atoms. The van der Waals surface area contributed by atoms with Crippen LogP contribution in [-0.4, -0.2) is 34.1 Å². The van der Waals surface area contributed by atoms with Gasteiger partial charge in [-0.3, -0.25) is 4.79 Å². The summed E-state index contributed by atoms with van der Waals surface area (Å²) in [6.07, 6.45) is 0.507. The molecule has 0 radical (unpaired) electrons. The fourth-order valence-corrected chi connectivity index (χ4v) is 2.18. The van der Waals surface area contributed by atoms with Gasteiger partial charge in [0.2, 0.25) is 0 Å². The normalized spacial score (nSPS) is 12.0. The lowest BCUT2D eigenvalue weighted by Crippen LogP contribution is -2.28. The van der Waals surface area contributed by atoms with E-state index in [2.05, 4.69) is 26.3 Å². The van der Waals surface area contributed by atoms with Gasteiger partial charge < -0.3 is 15.2 Å². The van der Waals surface area contributed by atoms with E-state index in [1.54, 1.807) is 0 Å². The molecule has 0 aliphatic carbocycles. The predicted molar refractivity (Wildman–Crippen MR) is 83.5 cm³/mol. The highest BCUT2D eigenvalue weighted by atomic mass is 79.9. The van der Waals surface area contributed by atoms with Crippen LogP contribution in [0.25, 0.3) is 0 Å². The number of rotatable bonds is 6. The molecule has 1 unspecified atom stereocenters. The summed E-state index contributed by atoms with van der Waals surface area (Å²) in [4.78, 5) is 11.7. The van der Waals surface area contributed by atoms with Crippen molar-refractivity contribution < 1.29 is 18.6 Å². The lowest BCUT2D eigenvalue weighted by Gasteiger charge is -2.14. The molecular formula is C14H14BrF2N3O3. The van der Waals surface area contributed by atoms with Crippen molar-refractivity contribution in [1.29, 1.82) is 0 Å². The van der Waals surface area contributed by atoms with Crippen molar-refractivity contribution >= 4 is 21.6 Å². The smallest absolute Gasteiger partial charge is 0.282 e. The van der Waals surface area contributed by atoms with Crippen molar-refractivity contribution in [3.8, 4) is 5.75 Å². The zero-order valence-electron chi connectivity index (χ0n) is 12.1. The molecule has 0 aliphatic rings. The molecule has 0 bridgehead atoms. The van der Waals surface area contributed by atoms with Gasteiger partial charge in [-0.1, -0.05) is 0 Å². The van der Waals surface area contributed by atoms with Crippen molar-refractivity contribution in [1.82, 2.24) is 9.78 Å². The Morgan fingerprint density at radius 3 is 2.87 bits per heavy atom. The fourth-order valence-electron chi connectivity index (χ4n) is 1.68. The summed E-state index contributed by atoms with van der Waals surface area (Å²) in [6.45, 7) is -0.0505. The number of aliphatic hydroxyl groups excluding tert-OH is 1. The molecule has 9 heteroatoms. The van der Waals surface area contributed by atoms with Crippen molar-refractivity contribution in [2.45, 2.75) is 6.10 Å². The molecule has 2 rings (SSSR count). The van der Waals surface area contributed by atoms with Crippen molar-refractivity contribution in [3.05, 3.63) is 50.9 Å². The van der Waals surface area contributed by atoms with Crippen LogP contribution in [-0.2, 0) is 7.05 Å². The highest BCUT2D eigenvalue weighted by Crippen LogP contribution is 2.17. The summed E-state index contributed by atoms with van der Waals surface area (Å²) in [7, 11) is 1.52. The second-order valence-electron chi connectivity index (χ2n) is 4.72. The molecule has 6 nitrogen and oxygen atoms in total. The van der Waals surface area contributed by atoms with E-state index in [9.17, 15) is 18.7 Å². The maximum atomic E-state index is 13.0. The van der Waals surface area contributed by atoms with Gasteiger partial charge in [-0.25, -0.2) is 13.5 Å². The first kappa shape index (κ1) is 17.4. The number of halogens is 3. The summed E-state index contributed by atoms with van der Waals surface area (Å²) >= 11 is 3.15. The van der Waals surface area contributed by atoms with Gasteiger partial charge in [-0.05, 0) is 28.1 Å². The van der Waals surface area contributed by atoms with Gasteiger partial charge in [0.25, 0.3) is 5.56 Å². The number of nitrogens with zero attached hydrogens (tertiary/aromatic N) is 2. The molecular weight excluding hydrogens is 376 g/mol. The van der Waals surface area contributed by atoms with Gasteiger partial charge in [-0.2, -0.15) is 5.10 Å². The average molecular weight is 390 g/mol. The Kier molecular flexibility index (Phi) is 5.67. The van der Waals surface area contributed by atoms with E-state index in [1.807, 2.05) is 0 Å². The maximum absolute atomic E-state index is 13.0. The van der Waals surface area contributed by atoms with Crippen LogP contribution >= 0.6 is 15.9 Å². The number of nitrogens with one attached hydrogen (secondary N) is 1. The summed E-state index contributed by atoms with van der Waals surface area (Å²) in [5.74, 6) is -1.88. The minimum Gasteiger partial charge on any atom is -0.491 e. The van der Waals surface area contributed by atoms with E-state index >= 15 is 0 Å². The van der Waals surface area contributed by atoms with Crippen molar-refractivity contribution in [3.63, 3.8) is 0 Å². The molecule has 0 saturated carbocycles. The Morgan fingerprint density at radius 2 is 2.17 bits per heavy atom. The van der Waals surface area contributed by atoms with Crippen LogP contribution in [0.4, 0.5) is 14.5 Å². The van der Waals surface area contributed by atoms with Gasteiger partial charge in [-0.15, -0.1) is 0 Å². The second-order valence-corrected chi connectivity index (χ2v) is 5.52. The van der Waals surface area contributed by atoms with Crippen LogP contribution in [0, 0.1) is 11.6 Å². The van der Waals surface area contributed by atoms with E-state index in [0.717, 1.165) is 16.8 Å². The van der Waals surface area contributed by atoms with E-state index in [1.165, 1.54) is 19.3 Å². The van der Waals surface area contributed by atoms with Gasteiger partial charge in [0.1, 0.15) is 22.9 Å². The Balaban J connectivity index is 1.88. The van der Waals surface area contributed by atoms with Gasteiger partial charge in [0, 0.05) is 19.7 Å². The number of benzene rings is 1. The largest absolute Gasteiger partial charge is 0.491 e. The number of aliphatic hydroxyl groups is 1. The van der Waals surface area contributed by atoms with Crippen LogP contribution in [0.3, 0.4) is 0 Å². The lowest BCUT2D eigenvalue weighted by molar-refractivity contribution is 0.117. The quantitative estimate of drug-likeness (QED) is 0.785. The van der Waals surface area contributed by atoms with Crippen molar-refractivity contribution in [2.75, 3.05) is 18.5 Å². The summed E-state index contributed by atoms with van der Waals surface area (Å²) in [5.41, 5.74) is 0.113. The molecule has 1 aromatic carbocycles. The molecule has 2 N–H and O–H groups in total. The molecule has 0 saturated heterocycles. The number of anilines is 1. The molecule has 1 heterocycles. The SMILES string of the molecule is Cn1ncc(NCC(O)COc2ccc(F)c(F)c2)c(Br)c1=O. The predicted octanol–water partition coefficient (Wildman–Crippen LogP) is 1.67. The Morgan fingerprint density at radius 1 is 1.43 bits per heavy atom. The third kappa shape index (κ3) is 4.49. The fraction of sp³-hybridized carbons (Fsp3) is 0.286. The standard InChI is InChI=1S/C14H14BrF2N3O3/c1-20-14(22)13(15)12(6-19-20)18-5-8(21)7-23-9-2-3-10(16)11(17)4-9/h2-4,6,8,18,21H,5,7H2,1H3. The topological polar surface area (TPSA) is 76.4 Å². The highest BCUT2D eigenvalue weighted by Gasteiger charge is 2.11. The molecule has 0 aliphatic heterocycles. The van der Waals surface area contributed by atoms with E-state index in [-0.39, 0.29) is 24.5 Å². The lowest BCUT2D eigenvalue weighted by atomic mass is 10.3. The number of hydrogen-bond acceptors (Lipinski definition) is 5. The Bertz CT molecular complexity index is 755. The molecule has 23 heavy (non-hydrogen) atoms. The number of aryl methyl sites for hydroxylation is 1. The third-order valence-corrected chi connectivity index (χ3v) is 3.71. The first-order valence-corrected chi connectivity index (χ1v) is 7.39. The van der Waals surface area contributed by atoms with E-state index in [0.29, 0.717) is 10.2 Å². The summed E-state index contributed by atoms with van der Waals surface area (Å²) in [5, 5.41) is 16.5. The minimum absolute atomic E-state index is 0.0805. The van der Waals surface area contributed by atoms with Crippen LogP contribution in [0.2, 0.25) is 0 Å². The third-order valence-electron chi connectivity index (χ3n) is 2.94. The molecule has 0 amide bonds. The van der Waals surface area contributed by atoms with E-state index < -0.39 is 17.7 Å². The molecule has 2 aromatic rings. The Labute approximate surface area is 138 Å². The first-order chi connectivity index (χ1) is 10.9. The zero-order chi connectivity index (χ0) is 17.0. The summed E-state index contributed by atoms with van der Waals surface area (Å²) < 4.78 is 32.4. The van der Waals surface area contributed by atoms with Gasteiger partial charge in [0.05, 0.1) is 11.9 Å². The molecule has 124 valence electrons. The van der Waals surface area contributed by atoms with Crippen LogP contribution in [0.1, 0.15) is 0 Å². The monoisotopic (exact) mass is 389 g/mol. The number of hydrogen-bond donors (Lipinski definition) is 2. The van der Waals surface area contributed by atoms with Crippen LogP contribution in [0.15, 0.2) is 33.7 Å². The maximum Gasteiger partial charge on any atom is 0.282 e. The van der Waals surface area contributed by atoms with Crippen LogP contribution < -0.4 is 15.6 Å². The highest BCUT2D eigenvalue weighted by molar-refractivity contribution is 9.10. The molecule has 1 aromatic heterocycles. The minimum atomic E-state index is -1.02. The van der Waals surface area contributed by atoms with Crippen molar-refractivity contribution in [2.24, 2.45) is 7.05 Å². The summed E-state index contributed by atoms with van der Waals surface area (Å²) in [6, 6.07) is 3.11.